The first-order valence-electron chi connectivity index (χ1n) is 10.1. The lowest BCUT2D eigenvalue weighted by Crippen LogP contribution is -2.24. The number of rotatable bonds is 5. The van der Waals surface area contributed by atoms with Crippen LogP contribution >= 0.6 is 0 Å². The van der Waals surface area contributed by atoms with Crippen LogP contribution in [0.5, 0.6) is 0 Å². The Morgan fingerprint density at radius 2 is 1.93 bits per heavy atom. The summed E-state index contributed by atoms with van der Waals surface area (Å²) in [6.07, 6.45) is 7.82. The first-order chi connectivity index (χ1) is 14.3. The molecule has 0 atom stereocenters. The molecule has 0 bridgehead atoms. The maximum atomic E-state index is 13.0. The third-order valence-corrected chi connectivity index (χ3v) is 5.73. The van der Waals surface area contributed by atoms with E-state index in [1.165, 1.54) is 35.8 Å². The molecule has 4 aromatic rings. The standard InChI is InChI=1S/C23H23N5O/c29-23(20-10-5-9-19-18-8-3-4-11-21(18)27-22(19)20)25-12-16-6-1-2-7-17(16)13-28-15-24-14-26-28/h1-2,5-7,9-10,14-15,27H,3-4,8,11-13H2,(H,25,29). The van der Waals surface area contributed by atoms with Gasteiger partial charge in [0, 0.05) is 17.6 Å². The van der Waals surface area contributed by atoms with Crippen LogP contribution in [0.25, 0.3) is 10.9 Å². The molecular weight excluding hydrogens is 362 g/mol. The van der Waals surface area contributed by atoms with Crippen LogP contribution in [0.2, 0.25) is 0 Å². The molecular formula is C23H23N5O. The van der Waals surface area contributed by atoms with Crippen molar-refractivity contribution in [2.45, 2.75) is 38.8 Å². The molecule has 146 valence electrons. The number of nitrogens with one attached hydrogen (secondary N) is 2. The molecule has 6 heteroatoms. The van der Waals surface area contributed by atoms with E-state index in [0.29, 0.717) is 18.7 Å². The lowest BCUT2D eigenvalue weighted by Gasteiger charge is -2.11. The minimum atomic E-state index is -0.0512. The van der Waals surface area contributed by atoms with Crippen LogP contribution < -0.4 is 5.32 Å². The normalized spacial score (nSPS) is 13.4. The van der Waals surface area contributed by atoms with E-state index in [2.05, 4.69) is 32.5 Å². The lowest BCUT2D eigenvalue weighted by molar-refractivity contribution is 0.0952. The first-order valence-corrected chi connectivity index (χ1v) is 10.1. The zero-order valence-electron chi connectivity index (χ0n) is 16.2. The molecule has 1 aliphatic rings. The number of aryl methyl sites for hydroxylation is 2. The predicted molar refractivity (Wildman–Crippen MR) is 112 cm³/mol. The lowest BCUT2D eigenvalue weighted by atomic mass is 9.95. The Kier molecular flexibility index (Phi) is 4.60. The van der Waals surface area contributed by atoms with Crippen molar-refractivity contribution < 1.29 is 4.79 Å². The average Bonchev–Trinajstić information content (AvgIpc) is 3.40. The smallest absolute Gasteiger partial charge is 0.253 e. The van der Waals surface area contributed by atoms with Gasteiger partial charge in [-0.1, -0.05) is 36.4 Å². The quantitative estimate of drug-likeness (QED) is 0.551. The van der Waals surface area contributed by atoms with Crippen LogP contribution in [0.15, 0.2) is 55.1 Å². The third kappa shape index (κ3) is 3.42. The van der Waals surface area contributed by atoms with Crippen molar-refractivity contribution in [3.05, 3.63) is 83.1 Å². The highest BCUT2D eigenvalue weighted by molar-refractivity contribution is 6.06. The molecule has 2 heterocycles. The number of hydrogen-bond donors (Lipinski definition) is 2. The van der Waals surface area contributed by atoms with Gasteiger partial charge in [0.25, 0.3) is 5.91 Å². The van der Waals surface area contributed by atoms with Gasteiger partial charge in [0.05, 0.1) is 17.6 Å². The third-order valence-electron chi connectivity index (χ3n) is 5.73. The number of aromatic amines is 1. The second-order valence-electron chi connectivity index (χ2n) is 7.56. The monoisotopic (exact) mass is 385 g/mol. The van der Waals surface area contributed by atoms with Crippen LogP contribution in [0, 0.1) is 0 Å². The van der Waals surface area contributed by atoms with E-state index < -0.39 is 0 Å². The largest absolute Gasteiger partial charge is 0.358 e. The topological polar surface area (TPSA) is 75.6 Å². The number of carbonyl (C=O) groups excluding carboxylic acids is 1. The predicted octanol–water partition coefficient (Wildman–Crippen LogP) is 3.62. The number of nitrogens with zero attached hydrogens (tertiary/aromatic N) is 3. The van der Waals surface area contributed by atoms with E-state index in [1.54, 1.807) is 11.0 Å². The Balaban J connectivity index is 1.37. The summed E-state index contributed by atoms with van der Waals surface area (Å²) in [4.78, 5) is 20.5. The van der Waals surface area contributed by atoms with Gasteiger partial charge in [-0.3, -0.25) is 4.79 Å². The van der Waals surface area contributed by atoms with Gasteiger partial charge in [-0.05, 0) is 48.4 Å². The van der Waals surface area contributed by atoms with Gasteiger partial charge in [0.15, 0.2) is 0 Å². The van der Waals surface area contributed by atoms with E-state index >= 15 is 0 Å². The summed E-state index contributed by atoms with van der Waals surface area (Å²) in [5.41, 5.74) is 6.56. The molecule has 5 rings (SSSR count). The Morgan fingerprint density at radius 3 is 2.79 bits per heavy atom. The molecule has 0 fully saturated rings. The fraction of sp³-hybridized carbons (Fsp3) is 0.261. The van der Waals surface area contributed by atoms with Gasteiger partial charge in [0.1, 0.15) is 12.7 Å². The van der Waals surface area contributed by atoms with Crippen molar-refractivity contribution in [1.29, 1.82) is 0 Å². The van der Waals surface area contributed by atoms with E-state index in [4.69, 9.17) is 0 Å². The Hall–Kier alpha value is -3.41. The zero-order chi connectivity index (χ0) is 19.6. The van der Waals surface area contributed by atoms with E-state index in [9.17, 15) is 4.79 Å². The van der Waals surface area contributed by atoms with Crippen molar-refractivity contribution in [2.75, 3.05) is 0 Å². The number of hydrogen-bond acceptors (Lipinski definition) is 3. The molecule has 2 aromatic heterocycles. The summed E-state index contributed by atoms with van der Waals surface area (Å²) in [6.45, 7) is 1.10. The highest BCUT2D eigenvalue weighted by Crippen LogP contribution is 2.30. The second-order valence-corrected chi connectivity index (χ2v) is 7.56. The maximum Gasteiger partial charge on any atom is 0.253 e. The number of benzene rings is 2. The number of carbonyl (C=O) groups is 1. The Labute approximate surface area is 169 Å². The van der Waals surface area contributed by atoms with Gasteiger partial charge in [-0.2, -0.15) is 5.10 Å². The molecule has 2 N–H and O–H groups in total. The van der Waals surface area contributed by atoms with Crippen molar-refractivity contribution in [1.82, 2.24) is 25.1 Å². The fourth-order valence-electron chi connectivity index (χ4n) is 4.26. The number of aromatic nitrogens is 4. The number of fused-ring (bicyclic) bond motifs is 3. The molecule has 29 heavy (non-hydrogen) atoms. The Morgan fingerprint density at radius 1 is 1.07 bits per heavy atom. The zero-order valence-corrected chi connectivity index (χ0v) is 16.2. The molecule has 1 aliphatic carbocycles. The molecule has 0 saturated heterocycles. The van der Waals surface area contributed by atoms with Crippen molar-refractivity contribution in [3.63, 3.8) is 0 Å². The number of H-pyrrole nitrogens is 1. The van der Waals surface area contributed by atoms with Crippen LogP contribution in [0.1, 0.15) is 45.6 Å². The van der Waals surface area contributed by atoms with Gasteiger partial charge < -0.3 is 10.3 Å². The maximum absolute atomic E-state index is 13.0. The number of amides is 1. The van der Waals surface area contributed by atoms with Gasteiger partial charge in [-0.15, -0.1) is 0 Å². The van der Waals surface area contributed by atoms with Gasteiger partial charge in [0.2, 0.25) is 0 Å². The summed E-state index contributed by atoms with van der Waals surface area (Å²) in [7, 11) is 0. The average molecular weight is 385 g/mol. The molecule has 1 amide bonds. The number of para-hydroxylation sites is 1. The van der Waals surface area contributed by atoms with Crippen molar-refractivity contribution in [3.8, 4) is 0 Å². The molecule has 0 saturated carbocycles. The molecule has 6 nitrogen and oxygen atoms in total. The summed E-state index contributed by atoms with van der Waals surface area (Å²) in [6, 6.07) is 14.1. The molecule has 0 aliphatic heterocycles. The molecule has 0 radical (unpaired) electrons. The highest BCUT2D eigenvalue weighted by atomic mass is 16.1. The van der Waals surface area contributed by atoms with Gasteiger partial charge in [-0.25, -0.2) is 9.67 Å². The summed E-state index contributed by atoms with van der Waals surface area (Å²) < 4.78 is 1.78. The van der Waals surface area contributed by atoms with E-state index in [1.807, 2.05) is 30.3 Å². The van der Waals surface area contributed by atoms with E-state index in [-0.39, 0.29) is 5.91 Å². The summed E-state index contributed by atoms with van der Waals surface area (Å²) in [5, 5.41) is 8.47. The van der Waals surface area contributed by atoms with Crippen molar-refractivity contribution in [2.24, 2.45) is 0 Å². The first kappa shape index (κ1) is 17.7. The summed E-state index contributed by atoms with van der Waals surface area (Å²) in [5.74, 6) is -0.0512. The van der Waals surface area contributed by atoms with Crippen LogP contribution in [0.3, 0.4) is 0 Å². The minimum absolute atomic E-state index is 0.0512. The minimum Gasteiger partial charge on any atom is -0.358 e. The molecule has 0 spiro atoms. The van der Waals surface area contributed by atoms with E-state index in [0.717, 1.165) is 29.5 Å². The second kappa shape index (κ2) is 7.54. The molecule has 2 aromatic carbocycles. The fourth-order valence-corrected chi connectivity index (χ4v) is 4.26. The van der Waals surface area contributed by atoms with Gasteiger partial charge >= 0.3 is 0 Å². The van der Waals surface area contributed by atoms with Crippen LogP contribution in [0.4, 0.5) is 0 Å². The molecule has 0 unspecified atom stereocenters. The summed E-state index contributed by atoms with van der Waals surface area (Å²) >= 11 is 0. The highest BCUT2D eigenvalue weighted by Gasteiger charge is 2.19. The van der Waals surface area contributed by atoms with Crippen LogP contribution in [-0.4, -0.2) is 25.7 Å². The Bertz CT molecular complexity index is 1160. The van der Waals surface area contributed by atoms with Crippen LogP contribution in [-0.2, 0) is 25.9 Å². The van der Waals surface area contributed by atoms with Crippen molar-refractivity contribution >= 4 is 16.8 Å². The SMILES string of the molecule is O=C(NCc1ccccc1Cn1cncn1)c1cccc2c3c([nH]c12)CCCC3.